The number of amides is 1. The number of aromatic amines is 1. The molecule has 0 aliphatic rings. The third-order valence-corrected chi connectivity index (χ3v) is 4.32. The van der Waals surface area contributed by atoms with Crippen LogP contribution in [0.15, 0.2) is 22.1 Å². The van der Waals surface area contributed by atoms with Gasteiger partial charge in [-0.05, 0) is 27.4 Å². The molecule has 0 unspecified atom stereocenters. The molecule has 2 N–H and O–H groups in total. The summed E-state index contributed by atoms with van der Waals surface area (Å²) in [5.74, 6) is 0.575. The minimum atomic E-state index is -0.0727. The van der Waals surface area contributed by atoms with Gasteiger partial charge in [0.1, 0.15) is 11.4 Å². The van der Waals surface area contributed by atoms with Gasteiger partial charge in [0.15, 0.2) is 0 Å². The van der Waals surface area contributed by atoms with Gasteiger partial charge < -0.3 is 10.2 Å². The summed E-state index contributed by atoms with van der Waals surface area (Å²) in [5, 5.41) is 11.9. The summed E-state index contributed by atoms with van der Waals surface area (Å²) in [7, 11) is 3.43. The first-order chi connectivity index (χ1) is 8.59. The van der Waals surface area contributed by atoms with Crippen LogP contribution in [0.2, 0.25) is 0 Å². The molecule has 0 saturated carbocycles. The minimum absolute atomic E-state index is 0.0727. The molecule has 0 radical (unpaired) electrons. The second-order valence-electron chi connectivity index (χ2n) is 3.90. The van der Waals surface area contributed by atoms with E-state index in [4.69, 9.17) is 0 Å². The van der Waals surface area contributed by atoms with Crippen LogP contribution in [0.1, 0.15) is 15.2 Å². The lowest BCUT2D eigenvalue weighted by Crippen LogP contribution is -2.22. The van der Waals surface area contributed by atoms with Gasteiger partial charge in [0.25, 0.3) is 5.91 Å². The van der Waals surface area contributed by atoms with E-state index in [-0.39, 0.29) is 5.91 Å². The van der Waals surface area contributed by atoms with Crippen molar-refractivity contribution < 1.29 is 4.79 Å². The van der Waals surface area contributed by atoms with Crippen LogP contribution in [0.4, 0.5) is 5.82 Å². The fourth-order valence-corrected chi connectivity index (χ4v) is 2.88. The van der Waals surface area contributed by atoms with Crippen LogP contribution in [0.3, 0.4) is 0 Å². The lowest BCUT2D eigenvalue weighted by molar-refractivity contribution is 0.0828. The molecule has 0 spiro atoms. The first-order valence-corrected chi connectivity index (χ1v) is 6.97. The van der Waals surface area contributed by atoms with Crippen molar-refractivity contribution in [2.75, 3.05) is 19.4 Å². The zero-order valence-corrected chi connectivity index (χ0v) is 12.4. The Morgan fingerprint density at radius 1 is 1.61 bits per heavy atom. The Morgan fingerprint density at radius 2 is 2.39 bits per heavy atom. The predicted molar refractivity (Wildman–Crippen MR) is 76.0 cm³/mol. The van der Waals surface area contributed by atoms with Crippen molar-refractivity contribution in [2.24, 2.45) is 0 Å². The molecular weight excluding hydrogens is 316 g/mol. The number of thiophene rings is 1. The Bertz CT molecular complexity index is 549. The highest BCUT2D eigenvalue weighted by molar-refractivity contribution is 9.10. The molecule has 18 heavy (non-hydrogen) atoms. The van der Waals surface area contributed by atoms with Crippen LogP contribution in [0, 0.1) is 0 Å². The minimum Gasteiger partial charge on any atom is -0.365 e. The molecule has 7 heteroatoms. The molecule has 2 aromatic heterocycles. The number of H-pyrrole nitrogens is 1. The summed E-state index contributed by atoms with van der Waals surface area (Å²) >= 11 is 5.12. The number of hydrogen-bond donors (Lipinski definition) is 2. The summed E-state index contributed by atoms with van der Waals surface area (Å²) in [6.45, 7) is 0.647. The highest BCUT2D eigenvalue weighted by atomic mass is 79.9. The Balaban J connectivity index is 2.09. The van der Waals surface area contributed by atoms with Crippen molar-refractivity contribution in [3.8, 4) is 0 Å². The Kier molecular flexibility index (Phi) is 4.03. The van der Waals surface area contributed by atoms with Crippen LogP contribution >= 0.6 is 27.3 Å². The first-order valence-electron chi connectivity index (χ1n) is 5.30. The van der Waals surface area contributed by atoms with Crippen molar-refractivity contribution >= 4 is 39.0 Å². The van der Waals surface area contributed by atoms with Gasteiger partial charge >= 0.3 is 0 Å². The number of nitrogens with one attached hydrogen (secondary N) is 2. The maximum absolute atomic E-state index is 11.9. The van der Waals surface area contributed by atoms with Gasteiger partial charge in [0.2, 0.25) is 0 Å². The maximum Gasteiger partial charge on any atom is 0.258 e. The maximum atomic E-state index is 11.9. The zero-order valence-electron chi connectivity index (χ0n) is 10.0. The second-order valence-corrected chi connectivity index (χ2v) is 5.76. The molecule has 2 heterocycles. The number of rotatable bonds is 4. The molecule has 0 aromatic carbocycles. The van der Waals surface area contributed by atoms with Gasteiger partial charge in [-0.3, -0.25) is 9.89 Å². The Hall–Kier alpha value is -1.34. The monoisotopic (exact) mass is 328 g/mol. The van der Waals surface area contributed by atoms with Gasteiger partial charge in [-0.15, -0.1) is 11.3 Å². The highest BCUT2D eigenvalue weighted by Crippen LogP contribution is 2.24. The van der Waals surface area contributed by atoms with Gasteiger partial charge in [-0.2, -0.15) is 5.10 Å². The first kappa shape index (κ1) is 13.1. The molecule has 2 aromatic rings. The third-order valence-electron chi connectivity index (χ3n) is 2.39. The second kappa shape index (κ2) is 5.53. The van der Waals surface area contributed by atoms with Gasteiger partial charge in [-0.1, -0.05) is 0 Å². The SMILES string of the molecule is CN(C)C(=O)c1cn[nH]c1NCc1sccc1Br. The van der Waals surface area contributed by atoms with Gasteiger partial charge in [0, 0.05) is 23.4 Å². The lowest BCUT2D eigenvalue weighted by atomic mass is 10.3. The third kappa shape index (κ3) is 2.73. The van der Waals surface area contributed by atoms with E-state index in [1.165, 1.54) is 16.0 Å². The molecule has 96 valence electrons. The molecule has 0 aliphatic carbocycles. The van der Waals surface area contributed by atoms with Crippen molar-refractivity contribution in [1.29, 1.82) is 0 Å². The fraction of sp³-hybridized carbons (Fsp3) is 0.273. The van der Waals surface area contributed by atoms with Crippen molar-refractivity contribution in [3.63, 3.8) is 0 Å². The molecule has 0 saturated heterocycles. The van der Waals surface area contributed by atoms with Crippen molar-refractivity contribution in [3.05, 3.63) is 32.6 Å². The van der Waals surface area contributed by atoms with Crippen molar-refractivity contribution in [1.82, 2.24) is 15.1 Å². The van der Waals surface area contributed by atoms with Crippen molar-refractivity contribution in [2.45, 2.75) is 6.54 Å². The average molecular weight is 329 g/mol. The van der Waals surface area contributed by atoms with Gasteiger partial charge in [0.05, 0.1) is 12.7 Å². The molecular formula is C11H13BrN4OS. The number of nitrogens with zero attached hydrogens (tertiary/aromatic N) is 2. The van der Waals surface area contributed by atoms with E-state index >= 15 is 0 Å². The quantitative estimate of drug-likeness (QED) is 0.906. The summed E-state index contributed by atoms with van der Waals surface area (Å²) < 4.78 is 1.07. The Morgan fingerprint density at radius 3 is 3.00 bits per heavy atom. The molecule has 5 nitrogen and oxygen atoms in total. The van der Waals surface area contributed by atoms with E-state index in [1.54, 1.807) is 25.4 Å². The molecule has 0 atom stereocenters. The van der Waals surface area contributed by atoms with E-state index in [9.17, 15) is 4.79 Å². The van der Waals surface area contributed by atoms with E-state index in [0.717, 1.165) is 4.47 Å². The standard InChI is InChI=1S/C11H13BrN4OS/c1-16(2)11(17)7-5-14-15-10(7)13-6-9-8(12)3-4-18-9/h3-5H,6H2,1-2H3,(H2,13,14,15). The summed E-state index contributed by atoms with van der Waals surface area (Å²) in [6, 6.07) is 2.00. The van der Waals surface area contributed by atoms with E-state index in [0.29, 0.717) is 17.9 Å². The van der Waals surface area contributed by atoms with E-state index in [1.807, 2.05) is 11.4 Å². The molecule has 0 fully saturated rings. The number of aromatic nitrogens is 2. The topological polar surface area (TPSA) is 61.0 Å². The van der Waals surface area contributed by atoms with Gasteiger partial charge in [-0.25, -0.2) is 0 Å². The molecule has 0 bridgehead atoms. The summed E-state index contributed by atoms with van der Waals surface area (Å²) in [5.41, 5.74) is 0.549. The highest BCUT2D eigenvalue weighted by Gasteiger charge is 2.15. The summed E-state index contributed by atoms with van der Waals surface area (Å²) in [4.78, 5) is 14.6. The molecule has 0 aliphatic heterocycles. The van der Waals surface area contributed by atoms with E-state index in [2.05, 4.69) is 31.4 Å². The average Bonchev–Trinajstić information content (AvgIpc) is 2.94. The predicted octanol–water partition coefficient (Wildman–Crippen LogP) is 2.55. The fourth-order valence-electron chi connectivity index (χ4n) is 1.44. The van der Waals surface area contributed by atoms with Crippen LogP contribution in [-0.4, -0.2) is 35.1 Å². The molecule has 1 amide bonds. The van der Waals surface area contributed by atoms with Crippen LogP contribution < -0.4 is 5.32 Å². The molecule has 2 rings (SSSR count). The number of hydrogen-bond acceptors (Lipinski definition) is 4. The van der Waals surface area contributed by atoms with Crippen LogP contribution in [0.5, 0.6) is 0 Å². The normalized spacial score (nSPS) is 10.4. The smallest absolute Gasteiger partial charge is 0.258 e. The Labute approximate surface area is 117 Å². The zero-order chi connectivity index (χ0) is 13.1. The summed E-state index contributed by atoms with van der Waals surface area (Å²) in [6.07, 6.45) is 1.54. The number of halogens is 1. The number of carbonyl (C=O) groups excluding carboxylic acids is 1. The van der Waals surface area contributed by atoms with E-state index < -0.39 is 0 Å². The largest absolute Gasteiger partial charge is 0.365 e. The van der Waals surface area contributed by atoms with Crippen LogP contribution in [-0.2, 0) is 6.54 Å². The lowest BCUT2D eigenvalue weighted by Gasteiger charge is -2.10. The number of anilines is 1. The van der Waals surface area contributed by atoms with Crippen LogP contribution in [0.25, 0.3) is 0 Å². The number of carbonyl (C=O) groups is 1.